The molecule has 4 heteroatoms. The molecule has 2 aromatic carbocycles. The maximum Gasteiger partial charge on any atom is 0.0472 e. The lowest BCUT2D eigenvalue weighted by molar-refractivity contribution is 0.905. The van der Waals surface area contributed by atoms with E-state index < -0.39 is 0 Å². The zero-order valence-electron chi connectivity index (χ0n) is 12.8. The van der Waals surface area contributed by atoms with Crippen LogP contribution in [-0.4, -0.2) is 11.5 Å². The second kappa shape index (κ2) is 9.12. The smallest absolute Gasteiger partial charge is 0.0472 e. The predicted octanol–water partition coefficient (Wildman–Crippen LogP) is 7.28. The monoisotopic (exact) mass is 370 g/mol. The Morgan fingerprint density at radius 1 is 0.727 bits per heavy atom. The standard InChI is InChI=1S/C18H20Cl2S2/c1-3-21-17(13-9-5-7-11-15(13)19)18(22-4-2)14-10-6-8-12-16(14)20/h5-12,17-18H,3-4H2,1-2H3/t17-,18-/m0/s1. The molecule has 0 saturated carbocycles. The molecule has 0 amide bonds. The number of hydrogen-bond donors (Lipinski definition) is 0. The summed E-state index contributed by atoms with van der Waals surface area (Å²) in [5.41, 5.74) is 2.39. The van der Waals surface area contributed by atoms with Gasteiger partial charge >= 0.3 is 0 Å². The minimum atomic E-state index is 0.295. The SMILES string of the molecule is CCS[C@@H](c1ccccc1Cl)[C@@H](SCC)c1ccccc1Cl. The molecule has 0 aliphatic rings. The van der Waals surface area contributed by atoms with E-state index in [0.717, 1.165) is 21.6 Å². The Hall–Kier alpha value is -0.280. The van der Waals surface area contributed by atoms with E-state index in [1.807, 2.05) is 47.8 Å². The van der Waals surface area contributed by atoms with Crippen molar-refractivity contribution in [3.05, 3.63) is 69.7 Å². The van der Waals surface area contributed by atoms with Crippen LogP contribution in [0.25, 0.3) is 0 Å². The molecular weight excluding hydrogens is 351 g/mol. The van der Waals surface area contributed by atoms with Crippen molar-refractivity contribution in [1.82, 2.24) is 0 Å². The molecule has 2 aromatic rings. The summed E-state index contributed by atoms with van der Waals surface area (Å²) in [5, 5.41) is 2.26. The van der Waals surface area contributed by atoms with Crippen molar-refractivity contribution in [3.63, 3.8) is 0 Å². The molecule has 0 aliphatic carbocycles. The van der Waals surface area contributed by atoms with Crippen molar-refractivity contribution in [2.45, 2.75) is 24.3 Å². The van der Waals surface area contributed by atoms with Crippen LogP contribution in [0.4, 0.5) is 0 Å². The molecule has 0 bridgehead atoms. The largest absolute Gasteiger partial charge is 0.152 e. The van der Waals surface area contributed by atoms with E-state index in [9.17, 15) is 0 Å². The normalized spacial score (nSPS) is 13.8. The van der Waals surface area contributed by atoms with Crippen LogP contribution in [0.3, 0.4) is 0 Å². The molecule has 0 spiro atoms. The van der Waals surface area contributed by atoms with E-state index in [1.54, 1.807) is 0 Å². The van der Waals surface area contributed by atoms with Crippen LogP contribution in [0.2, 0.25) is 10.0 Å². The van der Waals surface area contributed by atoms with Gasteiger partial charge in [0.25, 0.3) is 0 Å². The quantitative estimate of drug-likeness (QED) is 0.501. The van der Waals surface area contributed by atoms with Crippen LogP contribution in [0, 0.1) is 0 Å². The topological polar surface area (TPSA) is 0 Å². The summed E-state index contributed by atoms with van der Waals surface area (Å²) in [6, 6.07) is 16.3. The van der Waals surface area contributed by atoms with Gasteiger partial charge in [0.15, 0.2) is 0 Å². The Balaban J connectivity index is 2.46. The van der Waals surface area contributed by atoms with Crippen LogP contribution in [-0.2, 0) is 0 Å². The second-order valence-electron chi connectivity index (χ2n) is 4.79. The van der Waals surface area contributed by atoms with E-state index in [1.165, 1.54) is 11.1 Å². The summed E-state index contributed by atoms with van der Waals surface area (Å²) < 4.78 is 0. The van der Waals surface area contributed by atoms with Crippen molar-refractivity contribution < 1.29 is 0 Å². The van der Waals surface area contributed by atoms with E-state index in [2.05, 4.69) is 38.1 Å². The first-order chi connectivity index (χ1) is 10.7. The second-order valence-corrected chi connectivity index (χ2v) is 8.45. The maximum absolute atomic E-state index is 6.47. The Bertz CT molecular complexity index is 548. The Labute approximate surface area is 152 Å². The molecule has 0 aliphatic heterocycles. The van der Waals surface area contributed by atoms with Gasteiger partial charge in [0.2, 0.25) is 0 Å². The summed E-state index contributed by atoms with van der Waals surface area (Å²) in [5.74, 6) is 2.09. The van der Waals surface area contributed by atoms with Gasteiger partial charge < -0.3 is 0 Å². The molecule has 22 heavy (non-hydrogen) atoms. The van der Waals surface area contributed by atoms with Gasteiger partial charge in [0.1, 0.15) is 0 Å². The lowest BCUT2D eigenvalue weighted by Crippen LogP contribution is -2.08. The fraction of sp³-hybridized carbons (Fsp3) is 0.333. The lowest BCUT2D eigenvalue weighted by Gasteiger charge is -2.28. The third kappa shape index (κ3) is 4.38. The highest BCUT2D eigenvalue weighted by atomic mass is 35.5. The summed E-state index contributed by atoms with van der Waals surface area (Å²) >= 11 is 16.8. The third-order valence-electron chi connectivity index (χ3n) is 3.39. The predicted molar refractivity (Wildman–Crippen MR) is 105 cm³/mol. The van der Waals surface area contributed by atoms with Gasteiger partial charge in [-0.2, -0.15) is 23.5 Å². The molecule has 0 unspecified atom stereocenters. The minimum Gasteiger partial charge on any atom is -0.152 e. The third-order valence-corrected chi connectivity index (χ3v) is 6.69. The fourth-order valence-electron chi connectivity index (χ4n) is 2.45. The summed E-state index contributed by atoms with van der Waals surface area (Å²) in [6.45, 7) is 4.38. The Morgan fingerprint density at radius 3 is 1.41 bits per heavy atom. The number of rotatable bonds is 7. The average Bonchev–Trinajstić information content (AvgIpc) is 2.52. The van der Waals surface area contributed by atoms with Gasteiger partial charge in [0.05, 0.1) is 0 Å². The maximum atomic E-state index is 6.47. The molecule has 0 aromatic heterocycles. The first-order valence-electron chi connectivity index (χ1n) is 7.41. The Morgan fingerprint density at radius 2 is 1.09 bits per heavy atom. The Kier molecular flexibility index (Phi) is 7.49. The molecule has 0 N–H and O–H groups in total. The number of benzene rings is 2. The van der Waals surface area contributed by atoms with Gasteiger partial charge in [-0.25, -0.2) is 0 Å². The molecule has 2 atom stereocenters. The van der Waals surface area contributed by atoms with Gasteiger partial charge in [-0.1, -0.05) is 73.4 Å². The summed E-state index contributed by atoms with van der Waals surface area (Å²) in [6.07, 6.45) is 0. The number of halogens is 2. The first kappa shape index (κ1) is 18.1. The zero-order valence-corrected chi connectivity index (χ0v) is 15.9. The molecule has 118 valence electrons. The number of thioether (sulfide) groups is 2. The molecule has 0 fully saturated rings. The zero-order chi connectivity index (χ0) is 15.9. The highest BCUT2D eigenvalue weighted by molar-refractivity contribution is 8.03. The first-order valence-corrected chi connectivity index (χ1v) is 10.3. The minimum absolute atomic E-state index is 0.295. The number of hydrogen-bond acceptors (Lipinski definition) is 2. The van der Waals surface area contributed by atoms with Crippen molar-refractivity contribution in [3.8, 4) is 0 Å². The van der Waals surface area contributed by atoms with E-state index >= 15 is 0 Å². The van der Waals surface area contributed by atoms with E-state index in [-0.39, 0.29) is 0 Å². The fourth-order valence-corrected chi connectivity index (χ4v) is 5.69. The van der Waals surface area contributed by atoms with Gasteiger partial charge in [-0.15, -0.1) is 0 Å². The molecule has 0 saturated heterocycles. The van der Waals surface area contributed by atoms with Crippen LogP contribution >= 0.6 is 46.7 Å². The van der Waals surface area contributed by atoms with Gasteiger partial charge in [-0.3, -0.25) is 0 Å². The van der Waals surface area contributed by atoms with Crippen molar-refractivity contribution in [1.29, 1.82) is 0 Å². The highest BCUT2D eigenvalue weighted by Gasteiger charge is 2.27. The van der Waals surface area contributed by atoms with E-state index in [4.69, 9.17) is 23.2 Å². The molecule has 0 nitrogen and oxygen atoms in total. The molecular formula is C18H20Cl2S2. The molecule has 2 rings (SSSR count). The van der Waals surface area contributed by atoms with Crippen LogP contribution in [0.1, 0.15) is 35.5 Å². The van der Waals surface area contributed by atoms with E-state index in [0.29, 0.717) is 10.5 Å². The van der Waals surface area contributed by atoms with Gasteiger partial charge in [0, 0.05) is 20.5 Å². The van der Waals surface area contributed by atoms with Crippen molar-refractivity contribution in [2.24, 2.45) is 0 Å². The van der Waals surface area contributed by atoms with Gasteiger partial charge in [-0.05, 0) is 34.8 Å². The van der Waals surface area contributed by atoms with Crippen LogP contribution in [0.15, 0.2) is 48.5 Å². The van der Waals surface area contributed by atoms with Crippen molar-refractivity contribution in [2.75, 3.05) is 11.5 Å². The highest BCUT2D eigenvalue weighted by Crippen LogP contribution is 2.50. The van der Waals surface area contributed by atoms with Crippen LogP contribution < -0.4 is 0 Å². The average molecular weight is 371 g/mol. The molecule has 0 radical (unpaired) electrons. The summed E-state index contributed by atoms with van der Waals surface area (Å²) in [4.78, 5) is 0. The summed E-state index contributed by atoms with van der Waals surface area (Å²) in [7, 11) is 0. The van der Waals surface area contributed by atoms with Crippen molar-refractivity contribution >= 4 is 46.7 Å². The van der Waals surface area contributed by atoms with Crippen LogP contribution in [0.5, 0.6) is 0 Å². The molecule has 0 heterocycles. The lowest BCUT2D eigenvalue weighted by atomic mass is 10.0.